The van der Waals surface area contributed by atoms with Crippen LogP contribution in [0.1, 0.15) is 37.5 Å². The van der Waals surface area contributed by atoms with E-state index < -0.39 is 0 Å². The van der Waals surface area contributed by atoms with Crippen molar-refractivity contribution in [2.45, 2.75) is 36.8 Å². The quantitative estimate of drug-likeness (QED) is 0.514. The Balaban J connectivity index is 1.88. The van der Waals surface area contributed by atoms with Crippen LogP contribution in [0.2, 0.25) is 0 Å². The molecule has 1 heterocycles. The molecule has 1 atom stereocenters. The van der Waals surface area contributed by atoms with Gasteiger partial charge in [0.2, 0.25) is 0 Å². The van der Waals surface area contributed by atoms with E-state index in [9.17, 15) is 4.79 Å². The maximum atomic E-state index is 13.1. The Morgan fingerprint density at radius 2 is 1.80 bits per heavy atom. The molecule has 128 valence electrons. The number of ketones is 1. The van der Waals surface area contributed by atoms with Crippen LogP contribution in [0, 0.1) is 8.99 Å². The lowest BCUT2D eigenvalue weighted by atomic mass is 9.74. The number of hydrogen-bond acceptors (Lipinski definition) is 3. The molecule has 25 heavy (non-hydrogen) atoms. The van der Waals surface area contributed by atoms with Crippen LogP contribution in [0.15, 0.2) is 64.7 Å². The molecule has 1 aliphatic carbocycles. The summed E-state index contributed by atoms with van der Waals surface area (Å²) in [4.78, 5) is 14.3. The number of halogens is 1. The molecule has 0 fully saturated rings. The lowest BCUT2D eigenvalue weighted by molar-refractivity contribution is -0.118. The van der Waals surface area contributed by atoms with Crippen molar-refractivity contribution in [2.24, 2.45) is 5.41 Å². The summed E-state index contributed by atoms with van der Waals surface area (Å²) in [5.41, 5.74) is 4.37. The van der Waals surface area contributed by atoms with Gasteiger partial charge in [-0.15, -0.1) is 11.8 Å². The number of benzene rings is 2. The lowest BCUT2D eigenvalue weighted by Gasteiger charge is -2.33. The van der Waals surface area contributed by atoms with Gasteiger partial charge in [0, 0.05) is 26.2 Å². The average molecular weight is 461 g/mol. The molecule has 4 rings (SSSR count). The van der Waals surface area contributed by atoms with Crippen LogP contribution in [0.3, 0.4) is 0 Å². The minimum atomic E-state index is 0.00346. The highest BCUT2D eigenvalue weighted by molar-refractivity contribution is 14.1. The van der Waals surface area contributed by atoms with Crippen molar-refractivity contribution >= 4 is 45.8 Å². The van der Waals surface area contributed by atoms with Crippen molar-refractivity contribution in [1.82, 2.24) is 0 Å². The molecule has 0 unspecified atom stereocenters. The summed E-state index contributed by atoms with van der Waals surface area (Å²) < 4.78 is 1.21. The predicted octanol–water partition coefficient (Wildman–Crippen LogP) is 6.19. The van der Waals surface area contributed by atoms with Crippen molar-refractivity contribution in [3.05, 3.63) is 68.9 Å². The molecule has 0 radical (unpaired) electrons. The topological polar surface area (TPSA) is 29.1 Å². The van der Waals surface area contributed by atoms with E-state index in [1.807, 2.05) is 6.07 Å². The van der Waals surface area contributed by atoms with Gasteiger partial charge in [0.15, 0.2) is 5.78 Å². The minimum absolute atomic E-state index is 0.00346. The Labute approximate surface area is 166 Å². The largest absolute Gasteiger partial charge is 0.358 e. The monoisotopic (exact) mass is 461 g/mol. The molecule has 1 aliphatic heterocycles. The van der Waals surface area contributed by atoms with Crippen molar-refractivity contribution < 1.29 is 4.79 Å². The highest BCUT2D eigenvalue weighted by atomic mass is 127. The number of fused-ring (bicyclic) bond motifs is 1. The third-order valence-electron chi connectivity index (χ3n) is 4.77. The number of allylic oxidation sites excluding steroid dienone is 1. The van der Waals surface area contributed by atoms with Crippen LogP contribution in [0.5, 0.6) is 0 Å². The first kappa shape index (κ1) is 17.2. The van der Waals surface area contributed by atoms with Gasteiger partial charge in [0.05, 0.1) is 10.9 Å². The van der Waals surface area contributed by atoms with Crippen LogP contribution in [0.4, 0.5) is 5.69 Å². The first-order valence-electron chi connectivity index (χ1n) is 8.47. The van der Waals surface area contributed by atoms with E-state index in [1.54, 1.807) is 11.8 Å². The van der Waals surface area contributed by atoms with Crippen LogP contribution < -0.4 is 5.32 Å². The molecular formula is C21H20INOS. The number of rotatable bonds is 1. The van der Waals surface area contributed by atoms with Gasteiger partial charge in [-0.2, -0.15) is 0 Å². The molecule has 0 saturated heterocycles. The summed E-state index contributed by atoms with van der Waals surface area (Å²) in [6, 6.07) is 16.9. The Bertz CT molecular complexity index is 870. The van der Waals surface area contributed by atoms with E-state index in [-0.39, 0.29) is 16.4 Å². The molecule has 0 spiro atoms. The first-order chi connectivity index (χ1) is 11.9. The third kappa shape index (κ3) is 3.38. The number of Topliss-reactive ketones (excluding diaryl/α,β-unsaturated/α-hetero) is 1. The molecular weight excluding hydrogens is 441 g/mol. The summed E-state index contributed by atoms with van der Waals surface area (Å²) >= 11 is 4.11. The van der Waals surface area contributed by atoms with Crippen LogP contribution in [-0.2, 0) is 4.79 Å². The number of para-hydroxylation sites is 1. The summed E-state index contributed by atoms with van der Waals surface area (Å²) in [6.45, 7) is 4.36. The molecule has 0 bridgehead atoms. The number of carbonyl (C=O) groups is 1. The van der Waals surface area contributed by atoms with Gasteiger partial charge in [0.25, 0.3) is 0 Å². The zero-order valence-electron chi connectivity index (χ0n) is 14.3. The van der Waals surface area contributed by atoms with Gasteiger partial charge in [-0.1, -0.05) is 38.1 Å². The van der Waals surface area contributed by atoms with Crippen molar-refractivity contribution in [3.8, 4) is 0 Å². The molecule has 0 saturated carbocycles. The zero-order valence-corrected chi connectivity index (χ0v) is 17.3. The third-order valence-corrected chi connectivity index (χ3v) is 6.85. The van der Waals surface area contributed by atoms with Crippen molar-refractivity contribution in [1.29, 1.82) is 0 Å². The standard InChI is InChI=1S/C21H20INOS/c1-21(2)11-16-19(17(24)12-21)20(13-7-9-14(22)10-8-13)25-18-6-4-3-5-15(18)23-16/h3-10,20,23H,11-12H2,1-2H3/t20-/m1/s1. The molecule has 2 nitrogen and oxygen atoms in total. The predicted molar refractivity (Wildman–Crippen MR) is 113 cm³/mol. The molecule has 4 heteroatoms. The number of nitrogens with one attached hydrogen (secondary N) is 1. The second-order valence-electron chi connectivity index (χ2n) is 7.50. The molecule has 2 aromatic rings. The normalized spacial score (nSPS) is 21.9. The molecule has 1 N–H and O–H groups in total. The highest BCUT2D eigenvalue weighted by Crippen LogP contribution is 2.51. The van der Waals surface area contributed by atoms with E-state index in [0.29, 0.717) is 6.42 Å². The molecule has 2 aromatic carbocycles. The lowest BCUT2D eigenvalue weighted by Crippen LogP contribution is -2.29. The smallest absolute Gasteiger partial charge is 0.162 e. The Hall–Kier alpha value is -1.27. The summed E-state index contributed by atoms with van der Waals surface area (Å²) in [5.74, 6) is 0.280. The number of carbonyl (C=O) groups excluding carboxylic acids is 1. The van der Waals surface area contributed by atoms with Gasteiger partial charge in [-0.05, 0) is 64.3 Å². The summed E-state index contributed by atoms with van der Waals surface area (Å²) in [5, 5.41) is 3.64. The van der Waals surface area contributed by atoms with E-state index >= 15 is 0 Å². The highest BCUT2D eigenvalue weighted by Gasteiger charge is 2.38. The fraction of sp³-hybridized carbons (Fsp3) is 0.286. The second-order valence-corrected chi connectivity index (χ2v) is 9.90. The van der Waals surface area contributed by atoms with Crippen LogP contribution in [-0.4, -0.2) is 5.78 Å². The van der Waals surface area contributed by atoms with E-state index in [1.165, 1.54) is 14.0 Å². The summed E-state index contributed by atoms with van der Waals surface area (Å²) in [7, 11) is 0. The van der Waals surface area contributed by atoms with Gasteiger partial charge >= 0.3 is 0 Å². The fourth-order valence-corrected chi connectivity index (χ4v) is 5.35. The molecule has 0 amide bonds. The summed E-state index contributed by atoms with van der Waals surface area (Å²) in [6.07, 6.45) is 1.52. The maximum absolute atomic E-state index is 13.1. The zero-order chi connectivity index (χ0) is 17.6. The van der Waals surface area contributed by atoms with Gasteiger partial charge in [0.1, 0.15) is 0 Å². The van der Waals surface area contributed by atoms with Gasteiger partial charge in [-0.3, -0.25) is 4.79 Å². The Morgan fingerprint density at radius 3 is 2.56 bits per heavy atom. The van der Waals surface area contributed by atoms with Crippen LogP contribution >= 0.6 is 34.4 Å². The second kappa shape index (κ2) is 6.47. The van der Waals surface area contributed by atoms with E-state index in [2.05, 4.69) is 84.2 Å². The SMILES string of the molecule is CC1(C)CC(=O)C2=C(C1)Nc1ccccc1S[C@@H]2c1ccc(I)cc1. The van der Waals surface area contributed by atoms with Gasteiger partial charge in [-0.25, -0.2) is 0 Å². The van der Waals surface area contributed by atoms with Crippen LogP contribution in [0.25, 0.3) is 0 Å². The van der Waals surface area contributed by atoms with E-state index in [0.717, 1.165) is 23.4 Å². The number of thioether (sulfide) groups is 1. The van der Waals surface area contributed by atoms with Crippen molar-refractivity contribution in [3.63, 3.8) is 0 Å². The number of hydrogen-bond donors (Lipinski definition) is 1. The minimum Gasteiger partial charge on any atom is -0.358 e. The molecule has 0 aromatic heterocycles. The molecule has 2 aliphatic rings. The maximum Gasteiger partial charge on any atom is 0.162 e. The fourth-order valence-electron chi connectivity index (χ4n) is 3.64. The average Bonchev–Trinajstić information content (AvgIpc) is 2.70. The van der Waals surface area contributed by atoms with Crippen molar-refractivity contribution in [2.75, 3.05) is 5.32 Å². The Morgan fingerprint density at radius 1 is 1.08 bits per heavy atom. The number of anilines is 1. The van der Waals surface area contributed by atoms with E-state index in [4.69, 9.17) is 0 Å². The first-order valence-corrected chi connectivity index (χ1v) is 10.4. The Kier molecular flexibility index (Phi) is 4.44. The van der Waals surface area contributed by atoms with Gasteiger partial charge < -0.3 is 5.32 Å².